The van der Waals surface area contributed by atoms with Gasteiger partial charge in [-0.2, -0.15) is 0 Å². The fourth-order valence-corrected chi connectivity index (χ4v) is 1.60. The third-order valence-corrected chi connectivity index (χ3v) is 2.78. The van der Waals surface area contributed by atoms with Crippen molar-refractivity contribution in [1.29, 1.82) is 0 Å². The van der Waals surface area contributed by atoms with Crippen molar-refractivity contribution in [3.05, 3.63) is 23.0 Å². The molecule has 0 aliphatic heterocycles. The molecule has 0 amide bonds. The second-order valence-electron chi connectivity index (χ2n) is 4.59. The zero-order valence-electron chi connectivity index (χ0n) is 11.5. The maximum atomic E-state index is 11.0. The van der Waals surface area contributed by atoms with Crippen LogP contribution in [0.4, 0.5) is 0 Å². The zero-order valence-corrected chi connectivity index (χ0v) is 13.4. The number of rotatable bonds is 5. The van der Waals surface area contributed by atoms with Crippen LogP contribution in [-0.4, -0.2) is 38.5 Å². The molecule has 0 spiro atoms. The van der Waals surface area contributed by atoms with E-state index in [0.29, 0.717) is 16.8 Å². The van der Waals surface area contributed by atoms with Gasteiger partial charge < -0.3 is 15.3 Å². The molecule has 111 valence electrons. The number of hydrogen-bond acceptors (Lipinski definition) is 5. The number of aliphatic carboxylic acids is 1. The van der Waals surface area contributed by atoms with Crippen LogP contribution in [0.1, 0.15) is 30.7 Å². The maximum absolute atomic E-state index is 11.0. The van der Waals surface area contributed by atoms with Gasteiger partial charge >= 0.3 is 5.97 Å². The van der Waals surface area contributed by atoms with Crippen LogP contribution in [0.25, 0.3) is 0 Å². The monoisotopic (exact) mass is 365 g/mol. The molecule has 0 unspecified atom stereocenters. The molecule has 1 aromatic rings. The summed E-state index contributed by atoms with van der Waals surface area (Å²) in [5, 5.41) is 28.1. The first-order valence-electron chi connectivity index (χ1n) is 5.92. The number of aliphatic imine (C=N–C) groups is 1. The molecule has 0 aliphatic rings. The van der Waals surface area contributed by atoms with Crippen molar-refractivity contribution in [1.82, 2.24) is 4.98 Å². The van der Waals surface area contributed by atoms with Crippen LogP contribution < -0.4 is 0 Å². The minimum Gasteiger partial charge on any atom is -0.505 e. The van der Waals surface area contributed by atoms with E-state index in [9.17, 15) is 15.0 Å². The van der Waals surface area contributed by atoms with E-state index >= 15 is 0 Å². The summed E-state index contributed by atoms with van der Waals surface area (Å²) in [6.07, 6.45) is 2.72. The van der Waals surface area contributed by atoms with Crippen LogP contribution in [-0.2, 0) is 31.5 Å². The summed E-state index contributed by atoms with van der Waals surface area (Å²) in [4.78, 5) is 18.9. The molecule has 7 heteroatoms. The van der Waals surface area contributed by atoms with Crippen LogP contribution in [0.15, 0.2) is 11.2 Å². The number of hydrogen-bond donors (Lipinski definition) is 3. The molecule has 0 saturated heterocycles. The van der Waals surface area contributed by atoms with Crippen molar-refractivity contribution in [2.24, 2.45) is 10.9 Å². The molecule has 0 aromatic carbocycles. The smallest absolute Gasteiger partial charge is 0.328 e. The Bertz CT molecular complexity index is 503. The van der Waals surface area contributed by atoms with Crippen molar-refractivity contribution < 1.29 is 40.2 Å². The van der Waals surface area contributed by atoms with Crippen molar-refractivity contribution in [2.45, 2.75) is 33.4 Å². The Morgan fingerprint density at radius 2 is 2.10 bits per heavy atom. The van der Waals surface area contributed by atoms with Gasteiger partial charge in [-0.3, -0.25) is 9.98 Å². The molecule has 1 aromatic heterocycles. The van der Waals surface area contributed by atoms with Gasteiger partial charge in [-0.15, -0.1) is 0 Å². The van der Waals surface area contributed by atoms with E-state index < -0.39 is 12.0 Å². The van der Waals surface area contributed by atoms with E-state index in [-0.39, 0.29) is 38.4 Å². The average Bonchev–Trinajstić information content (AvgIpc) is 2.33. The van der Waals surface area contributed by atoms with Crippen LogP contribution in [0.5, 0.6) is 5.75 Å². The summed E-state index contributed by atoms with van der Waals surface area (Å²) in [7, 11) is 0. The van der Waals surface area contributed by atoms with Gasteiger partial charge in [0.15, 0.2) is 0 Å². The van der Waals surface area contributed by atoms with Gasteiger partial charge in [-0.05, 0) is 12.8 Å². The number of aliphatic hydroxyl groups is 1. The van der Waals surface area contributed by atoms with Gasteiger partial charge in [0.2, 0.25) is 0 Å². The number of carbonyl (C=O) groups is 1. The van der Waals surface area contributed by atoms with Gasteiger partial charge in [0, 0.05) is 43.6 Å². The SMILES string of the molecule is Cc1ncc(CO)c(C=N[C@H](C(=O)O)C(C)C)c1O.[99Tc]. The molecule has 6 nitrogen and oxygen atoms in total. The van der Waals surface area contributed by atoms with Gasteiger partial charge in [0.05, 0.1) is 12.3 Å². The topological polar surface area (TPSA) is 103 Å². The fraction of sp³-hybridized carbons (Fsp3) is 0.462. The molecular weight excluding hydrogens is 347 g/mol. The second kappa shape index (κ2) is 8.09. The van der Waals surface area contributed by atoms with Crippen molar-refractivity contribution in [3.8, 4) is 5.75 Å². The Labute approximate surface area is 130 Å². The van der Waals surface area contributed by atoms with E-state index in [1.807, 2.05) is 0 Å². The molecule has 20 heavy (non-hydrogen) atoms. The number of aryl methyl sites for hydroxylation is 1. The summed E-state index contributed by atoms with van der Waals surface area (Å²) in [6.45, 7) is 4.81. The summed E-state index contributed by atoms with van der Waals surface area (Å²) < 4.78 is 0. The Morgan fingerprint density at radius 1 is 1.50 bits per heavy atom. The number of aromatic hydroxyl groups is 1. The van der Waals surface area contributed by atoms with Gasteiger partial charge in [-0.25, -0.2) is 4.79 Å². The molecule has 0 aliphatic carbocycles. The largest absolute Gasteiger partial charge is 0.505 e. The van der Waals surface area contributed by atoms with E-state index in [1.54, 1.807) is 20.8 Å². The van der Waals surface area contributed by atoms with Crippen LogP contribution in [0, 0.1) is 12.8 Å². The summed E-state index contributed by atoms with van der Waals surface area (Å²) >= 11 is 0. The average molecular weight is 365 g/mol. The summed E-state index contributed by atoms with van der Waals surface area (Å²) in [6, 6.07) is -0.889. The maximum Gasteiger partial charge on any atom is 0.328 e. The van der Waals surface area contributed by atoms with Crippen molar-refractivity contribution in [2.75, 3.05) is 0 Å². The van der Waals surface area contributed by atoms with Crippen LogP contribution in [0.3, 0.4) is 0 Å². The molecule has 0 bridgehead atoms. The minimum absolute atomic E-state index is 0. The van der Waals surface area contributed by atoms with Crippen LogP contribution in [0.2, 0.25) is 0 Å². The first kappa shape index (κ1) is 18.7. The molecule has 3 N–H and O–H groups in total. The molecule has 1 radical (unpaired) electrons. The Hall–Kier alpha value is -1.30. The van der Waals surface area contributed by atoms with E-state index in [2.05, 4.69) is 9.98 Å². The summed E-state index contributed by atoms with van der Waals surface area (Å²) in [5.41, 5.74) is 1.11. The first-order chi connectivity index (χ1) is 8.88. The second-order valence-corrected chi connectivity index (χ2v) is 4.59. The first-order valence-corrected chi connectivity index (χ1v) is 5.92. The number of carboxylic acids is 1. The number of nitrogens with zero attached hydrogens (tertiary/aromatic N) is 2. The van der Waals surface area contributed by atoms with Gasteiger partial charge in [-0.1, -0.05) is 13.8 Å². The summed E-state index contributed by atoms with van der Waals surface area (Å²) in [5.74, 6) is -1.29. The number of aliphatic hydroxyl groups excluding tert-OH is 1. The Kier molecular flexibility index (Phi) is 7.56. The predicted molar refractivity (Wildman–Crippen MR) is 70.4 cm³/mol. The third-order valence-electron chi connectivity index (χ3n) is 2.78. The molecular formula is C13H18N2O4Tc. The Balaban J connectivity index is 0.00000361. The zero-order chi connectivity index (χ0) is 14.6. The molecule has 0 fully saturated rings. The standard InChI is InChI=1S/C13H18N2O4.Tc/c1-7(2)11(13(18)19)15-5-10-9(6-16)4-14-8(3)12(10)17;/h4-5,7,11,16-17H,6H2,1-3H3,(H,18,19);/t11-;/m0./s1/i;1+1. The molecule has 1 rings (SSSR count). The predicted octanol–water partition coefficient (Wildman–Crippen LogP) is 1.11. The van der Waals surface area contributed by atoms with Crippen LogP contribution >= 0.6 is 0 Å². The van der Waals surface area contributed by atoms with E-state index in [0.717, 1.165) is 0 Å². The quantitative estimate of drug-likeness (QED) is 0.679. The van der Waals surface area contributed by atoms with Crippen molar-refractivity contribution in [3.63, 3.8) is 0 Å². The molecule has 1 heterocycles. The molecule has 0 saturated carbocycles. The normalized spacial score (nSPS) is 12.4. The Morgan fingerprint density at radius 3 is 2.55 bits per heavy atom. The van der Waals surface area contributed by atoms with Crippen molar-refractivity contribution >= 4 is 12.2 Å². The number of carboxylic acid groups (broad SMARTS) is 1. The molecule has 1 atom stereocenters. The number of aromatic nitrogens is 1. The van der Waals surface area contributed by atoms with E-state index in [4.69, 9.17) is 5.11 Å². The third kappa shape index (κ3) is 4.37. The number of pyridine rings is 1. The minimum atomic E-state index is -1.03. The van der Waals surface area contributed by atoms with Gasteiger partial charge in [0.25, 0.3) is 0 Å². The fourth-order valence-electron chi connectivity index (χ4n) is 1.60. The van der Waals surface area contributed by atoms with Gasteiger partial charge in [0.1, 0.15) is 11.8 Å². The van der Waals surface area contributed by atoms with E-state index in [1.165, 1.54) is 12.4 Å².